The highest BCUT2D eigenvalue weighted by atomic mass is 16.6. The SMILES string of the molecule is O=C(O)c1cccc(-c2cc(-c3cccc(C(=O)O)c3)c(-c3cccc(C(=O)O)c3)cc2-c2cccc(C(=O)O)c2)c1.O=COc1cc(/C=C/c2cc(OC=O)cc(C(=O)O)c2)cc(C(=O)O)c1.O=COc1cc(C#Cc2cc(OC=O)cc(C(=O)O)c2)cc(C(=O)O)c1.O=COc1cc(CCc2cc(OC=O)cc(C(=O)O)c2)cc(C(=O)O)c1.O=COc1cc(N=Nc2cc(OC=O)cc(C(=O)O)c2)cc(C(=O)O)c1. The molecule has 13 aromatic carbocycles. The van der Waals surface area contributed by atoms with Crippen LogP contribution in [0.4, 0.5) is 11.4 Å². The van der Waals surface area contributed by atoms with E-state index in [9.17, 15) is 116 Å². The Morgan fingerprint density at radius 1 is 0.212 bits per heavy atom. The number of aryl methyl sites for hydroxylation is 2. The third-order valence-electron chi connectivity index (χ3n) is 19.5. The van der Waals surface area contributed by atoms with Gasteiger partial charge in [0.2, 0.25) is 0 Å². The van der Waals surface area contributed by atoms with Crippen LogP contribution in [0.5, 0.6) is 46.0 Å². The second kappa shape index (κ2) is 51.9. The van der Waals surface area contributed by atoms with E-state index in [-0.39, 0.29) is 187 Å². The van der Waals surface area contributed by atoms with E-state index in [1.165, 1.54) is 182 Å². The van der Waals surface area contributed by atoms with Gasteiger partial charge < -0.3 is 99.2 Å². The summed E-state index contributed by atoms with van der Waals surface area (Å²) in [5.41, 5.74) is 6.16. The summed E-state index contributed by atoms with van der Waals surface area (Å²) in [6.45, 7) is 1.30. The molecule has 0 aliphatic heterocycles. The van der Waals surface area contributed by atoms with Gasteiger partial charge in [0.1, 0.15) is 46.0 Å². The monoisotopic (exact) mass is 1980 g/mol. The summed E-state index contributed by atoms with van der Waals surface area (Å²) >= 11 is 0. The molecule has 0 atom stereocenters. The molecule has 0 aliphatic rings. The first-order chi connectivity index (χ1) is 69.8. The number of carbonyl (C=O) groups is 20. The maximum atomic E-state index is 11.8. The lowest BCUT2D eigenvalue weighted by Crippen LogP contribution is -2.03. The standard InChI is InChI=1S/C34H22O8.C18H14O8.C18H12O8.C18H10O8.C16H10N2O8/c35-31(36)23-9-1-5-19(13-23)27-17-29(21-7-3-11-25(15-21)33(39)40)30(22-8-4-12-26(16-22)34(41)42)18-28(27)20-6-2-10-24(14-20)32(37)38;3*19-9-25-15-5-11(3-13(7-15)17(21)22)1-2-12-4-14(18(23)24)8-16(6-12)26-10-20;19-7-25-13-3-9(15(21)22)1-11(5-13)17-18-12-2-10(16(23)24)4-14(6-12)26-8-20/h1-18H,(H,35,36)(H,37,38)(H,39,40)(H,41,42);3-10H,1-2H2,(H,21,22)(H,23,24);1-10H,(H,21,22)(H,23,24);3-10H,(H,21,22)(H,23,24);1-8H,(H,21,22)(H,23,24)/b;;2-1+;;. The number of aromatic carboxylic acids is 12. The van der Waals surface area contributed by atoms with Gasteiger partial charge in [-0.1, -0.05) is 72.5 Å². The zero-order chi connectivity index (χ0) is 106. The molecule has 0 aliphatic carbocycles. The molecule has 0 spiro atoms. The zero-order valence-corrected chi connectivity index (χ0v) is 74.1. The molecule has 13 aromatic rings. The van der Waals surface area contributed by atoms with Crippen molar-refractivity contribution in [3.05, 3.63) is 355 Å². The summed E-state index contributed by atoms with van der Waals surface area (Å²) in [4.78, 5) is 220. The number of carbonyl (C=O) groups excluding carboxylic acids is 8. The first-order valence-electron chi connectivity index (χ1n) is 40.8. The van der Waals surface area contributed by atoms with Gasteiger partial charge in [-0.3, -0.25) is 38.4 Å². The molecule has 42 nitrogen and oxygen atoms in total. The van der Waals surface area contributed by atoms with Gasteiger partial charge in [-0.25, -0.2) is 57.5 Å². The molecule has 0 saturated heterocycles. The third-order valence-corrected chi connectivity index (χ3v) is 19.5. The van der Waals surface area contributed by atoms with Crippen LogP contribution in [-0.4, -0.2) is 185 Å². The van der Waals surface area contributed by atoms with Crippen molar-refractivity contribution < 1.29 is 195 Å². The highest BCUT2D eigenvalue weighted by molar-refractivity contribution is 6.02. The highest BCUT2D eigenvalue weighted by Gasteiger charge is 2.23. The molecule has 42 heteroatoms. The lowest BCUT2D eigenvalue weighted by Gasteiger charge is -2.19. The Hall–Kier alpha value is -21.8. The van der Waals surface area contributed by atoms with Crippen LogP contribution in [0.2, 0.25) is 0 Å². The van der Waals surface area contributed by atoms with Crippen molar-refractivity contribution in [1.29, 1.82) is 0 Å². The van der Waals surface area contributed by atoms with E-state index in [1.807, 2.05) is 0 Å². The van der Waals surface area contributed by atoms with E-state index < -0.39 is 71.6 Å². The molecule has 12 N–H and O–H groups in total. The van der Waals surface area contributed by atoms with Crippen LogP contribution in [-0.2, 0) is 51.2 Å². The van der Waals surface area contributed by atoms with Gasteiger partial charge in [-0.05, 0) is 274 Å². The van der Waals surface area contributed by atoms with Gasteiger partial charge in [0.25, 0.3) is 51.8 Å². The smallest absolute Gasteiger partial charge is 0.335 e. The second-order valence-corrected chi connectivity index (χ2v) is 29.2. The van der Waals surface area contributed by atoms with E-state index in [0.29, 0.717) is 79.6 Å². The predicted octanol–water partition coefficient (Wildman–Crippen LogP) is 15.5. The van der Waals surface area contributed by atoms with E-state index in [0.717, 1.165) is 24.3 Å². The Bertz CT molecular complexity index is 6790. The number of benzene rings is 13. The number of hydrogen-bond donors (Lipinski definition) is 12. The van der Waals surface area contributed by atoms with Crippen molar-refractivity contribution in [3.8, 4) is 102 Å². The second-order valence-electron chi connectivity index (χ2n) is 29.2. The maximum Gasteiger partial charge on any atom is 0.335 e. The van der Waals surface area contributed by atoms with Crippen LogP contribution in [0, 0.1) is 11.8 Å². The molecule has 0 aromatic heterocycles. The summed E-state index contributed by atoms with van der Waals surface area (Å²) in [6.07, 6.45) is 3.69. The Balaban J connectivity index is 0.000000207. The third kappa shape index (κ3) is 31.6. The molecule has 0 bridgehead atoms. The number of azo groups is 1. The molecular weight excluding hydrogens is 1920 g/mol. The van der Waals surface area contributed by atoms with Crippen LogP contribution in [0.1, 0.15) is 158 Å². The van der Waals surface area contributed by atoms with Gasteiger partial charge in [0.05, 0.1) is 78.1 Å². The average molecular weight is 1990 g/mol. The predicted molar refractivity (Wildman–Crippen MR) is 503 cm³/mol. The Morgan fingerprint density at radius 2 is 0.418 bits per heavy atom. The fourth-order valence-electron chi connectivity index (χ4n) is 13.2. The van der Waals surface area contributed by atoms with Crippen LogP contribution in [0.15, 0.2) is 265 Å². The van der Waals surface area contributed by atoms with Crippen molar-refractivity contribution in [2.75, 3.05) is 0 Å². The van der Waals surface area contributed by atoms with E-state index in [4.69, 9.17) is 50.3 Å². The number of carboxylic acid groups (broad SMARTS) is 12. The minimum Gasteiger partial charge on any atom is -0.478 e. The minimum absolute atomic E-state index is 0.00605. The van der Waals surface area contributed by atoms with Crippen LogP contribution >= 0.6 is 0 Å². The summed E-state index contributed by atoms with van der Waals surface area (Å²) in [6, 6.07) is 59.7. The van der Waals surface area contributed by atoms with Gasteiger partial charge in [-0.15, -0.1) is 0 Å². The van der Waals surface area contributed by atoms with Crippen molar-refractivity contribution in [2.45, 2.75) is 12.8 Å². The van der Waals surface area contributed by atoms with Crippen molar-refractivity contribution in [2.24, 2.45) is 10.2 Å². The fourth-order valence-corrected chi connectivity index (χ4v) is 13.2. The number of rotatable bonds is 39. The molecule has 0 fully saturated rings. The molecule has 0 amide bonds. The normalized spacial score (nSPS) is 10.2. The Morgan fingerprint density at radius 3 is 0.651 bits per heavy atom. The topological polar surface area (TPSA) is 683 Å². The largest absolute Gasteiger partial charge is 0.478 e. The Kier molecular flexibility index (Phi) is 38.3. The quantitative estimate of drug-likeness (QED) is 0.00737. The highest BCUT2D eigenvalue weighted by Crippen LogP contribution is 2.44. The lowest BCUT2D eigenvalue weighted by molar-refractivity contribution is -0.121. The van der Waals surface area contributed by atoms with E-state index in [2.05, 4.69) is 50.5 Å². The minimum atomic E-state index is -1.27. The first kappa shape index (κ1) is 108. The van der Waals surface area contributed by atoms with Gasteiger partial charge in [0, 0.05) is 23.3 Å². The van der Waals surface area contributed by atoms with Crippen molar-refractivity contribution in [1.82, 2.24) is 0 Å². The average Bonchev–Trinajstić information content (AvgIpc) is 0.756. The molecule has 0 heterocycles. The summed E-state index contributed by atoms with van der Waals surface area (Å²) in [5.74, 6) is -8.81. The maximum absolute atomic E-state index is 11.8. The molecule has 13 rings (SSSR count). The van der Waals surface area contributed by atoms with Gasteiger partial charge in [0.15, 0.2) is 0 Å². The van der Waals surface area contributed by atoms with Gasteiger partial charge in [-0.2, -0.15) is 10.2 Å². The summed E-state index contributed by atoms with van der Waals surface area (Å²) in [7, 11) is 0. The van der Waals surface area contributed by atoms with Crippen LogP contribution < -0.4 is 37.9 Å². The molecule has 734 valence electrons. The van der Waals surface area contributed by atoms with Crippen LogP contribution in [0.25, 0.3) is 56.7 Å². The molecule has 0 radical (unpaired) electrons. The lowest BCUT2D eigenvalue weighted by atomic mass is 9.84. The van der Waals surface area contributed by atoms with Gasteiger partial charge >= 0.3 is 71.6 Å². The number of carboxylic acids is 12. The molecular formula is C104H68N2O40. The summed E-state index contributed by atoms with van der Waals surface area (Å²) in [5, 5.41) is 119. The molecule has 146 heavy (non-hydrogen) atoms. The Labute approximate surface area is 818 Å². The number of nitrogens with zero attached hydrogens (tertiary/aromatic N) is 2. The van der Waals surface area contributed by atoms with Crippen LogP contribution in [0.3, 0.4) is 0 Å². The van der Waals surface area contributed by atoms with Crippen molar-refractivity contribution >= 4 is 147 Å². The zero-order valence-electron chi connectivity index (χ0n) is 74.1. The fraction of sp³-hybridized carbons (Fsp3) is 0.0192. The first-order valence-corrected chi connectivity index (χ1v) is 40.8. The van der Waals surface area contributed by atoms with E-state index in [1.54, 1.807) is 60.7 Å². The number of ether oxygens (including phenoxy) is 8. The number of hydrogen-bond acceptors (Lipinski definition) is 30. The van der Waals surface area contributed by atoms with Crippen molar-refractivity contribution in [3.63, 3.8) is 0 Å². The summed E-state index contributed by atoms with van der Waals surface area (Å²) < 4.78 is 37.3. The molecule has 0 unspecified atom stereocenters. The molecule has 0 saturated carbocycles. The van der Waals surface area contributed by atoms with E-state index >= 15 is 0 Å².